The van der Waals surface area contributed by atoms with E-state index in [4.69, 9.17) is 4.74 Å². The highest BCUT2D eigenvalue weighted by Crippen LogP contribution is 3.02. The van der Waals surface area contributed by atoms with Crippen LogP contribution >= 0.6 is 58.0 Å². The van der Waals surface area contributed by atoms with E-state index in [1.165, 1.54) is 12.1 Å². The first-order valence-electron chi connectivity index (χ1n) is 6.71. The summed E-state index contributed by atoms with van der Waals surface area (Å²) >= 11 is 8.74. The lowest BCUT2D eigenvalue weighted by Gasteiger charge is -2.40. The lowest BCUT2D eigenvalue weighted by Crippen LogP contribution is -2.07. The van der Waals surface area contributed by atoms with Crippen LogP contribution in [0.2, 0.25) is 0 Å². The van der Waals surface area contributed by atoms with Gasteiger partial charge in [0.1, 0.15) is 9.79 Å². The number of aryl methyl sites for hydroxylation is 1. The summed E-state index contributed by atoms with van der Waals surface area (Å²) in [6, 6.07) is 3.15. The molecule has 0 spiro atoms. The van der Waals surface area contributed by atoms with Gasteiger partial charge in [-0.2, -0.15) is 0 Å². The van der Waals surface area contributed by atoms with Crippen molar-refractivity contribution < 1.29 is 32.6 Å². The highest BCUT2D eigenvalue weighted by Gasteiger charge is 2.65. The Bertz CT molecular complexity index is 1030. The average Bonchev–Trinajstić information content (AvgIpc) is 2.43. The SMILES string of the molecule is Cc1ccc(S(C)(=O)=O)c(Oc2c(Br)cc(S(F)(F)(F)(F)F)cc2Br)c1Br. The summed E-state index contributed by atoms with van der Waals surface area (Å²) in [6.07, 6.45) is 0.929. The standard InChI is InChI=1S/C14H10Br3F5O3S2/c1-7-3-4-11(26(2,23)24)14(12(7)17)25-13-9(15)5-8(6-10(13)16)27(18,19,20,21)22/h3-6H,1-2H3. The van der Waals surface area contributed by atoms with Gasteiger partial charge in [-0.25, -0.2) is 8.42 Å². The second-order valence-corrected chi connectivity index (χ2v) is 12.5. The Morgan fingerprint density at radius 3 is 1.81 bits per heavy atom. The predicted molar refractivity (Wildman–Crippen MR) is 105 cm³/mol. The van der Waals surface area contributed by atoms with Crippen LogP contribution in [-0.4, -0.2) is 14.7 Å². The molecule has 0 bridgehead atoms. The van der Waals surface area contributed by atoms with E-state index < -0.39 is 33.9 Å². The van der Waals surface area contributed by atoms with Gasteiger partial charge in [-0.3, -0.25) is 0 Å². The maximum atomic E-state index is 13.0. The van der Waals surface area contributed by atoms with Crippen molar-refractivity contribution in [2.45, 2.75) is 16.7 Å². The average molecular weight is 625 g/mol. The number of hydrogen-bond donors (Lipinski definition) is 0. The molecule has 2 rings (SSSR count). The number of ether oxygens (including phenoxy) is 1. The smallest absolute Gasteiger partial charge is 0.310 e. The molecular formula is C14H10Br3F5O3S2. The summed E-state index contributed by atoms with van der Waals surface area (Å²) in [7, 11) is -13.7. The van der Waals surface area contributed by atoms with Gasteiger partial charge in [0.2, 0.25) is 0 Å². The molecule has 0 saturated carbocycles. The van der Waals surface area contributed by atoms with Gasteiger partial charge >= 0.3 is 10.2 Å². The maximum Gasteiger partial charge on any atom is 0.310 e. The molecule has 0 heterocycles. The van der Waals surface area contributed by atoms with Crippen molar-refractivity contribution >= 4 is 67.9 Å². The Kier molecular flexibility index (Phi) is 5.36. The van der Waals surface area contributed by atoms with Gasteiger partial charge in [0, 0.05) is 6.26 Å². The molecule has 2 aromatic rings. The van der Waals surface area contributed by atoms with Gasteiger partial charge in [0.25, 0.3) is 0 Å². The molecule has 2 aromatic carbocycles. The Balaban J connectivity index is 2.70. The molecule has 0 fully saturated rings. The van der Waals surface area contributed by atoms with Crippen molar-refractivity contribution in [3.8, 4) is 11.5 Å². The number of halogens is 8. The van der Waals surface area contributed by atoms with Gasteiger partial charge in [-0.05, 0) is 78.5 Å². The molecule has 0 aliphatic heterocycles. The molecule has 0 aliphatic rings. The van der Waals surface area contributed by atoms with Crippen molar-refractivity contribution in [2.24, 2.45) is 0 Å². The van der Waals surface area contributed by atoms with Crippen molar-refractivity contribution in [1.82, 2.24) is 0 Å². The minimum absolute atomic E-state index is 0.181. The topological polar surface area (TPSA) is 43.4 Å². The van der Waals surface area contributed by atoms with E-state index in [2.05, 4.69) is 47.8 Å². The van der Waals surface area contributed by atoms with Crippen molar-refractivity contribution in [2.75, 3.05) is 6.26 Å². The largest absolute Gasteiger partial charge is 0.452 e. The second kappa shape index (κ2) is 6.31. The van der Waals surface area contributed by atoms with Crippen molar-refractivity contribution in [1.29, 1.82) is 0 Å². The highest BCUT2D eigenvalue weighted by atomic mass is 79.9. The van der Waals surface area contributed by atoms with E-state index in [1.54, 1.807) is 6.92 Å². The van der Waals surface area contributed by atoms with E-state index in [-0.39, 0.29) is 33.0 Å². The van der Waals surface area contributed by atoms with E-state index in [0.717, 1.165) is 6.26 Å². The molecule has 0 N–H and O–H groups in total. The van der Waals surface area contributed by atoms with Crippen LogP contribution in [0.4, 0.5) is 19.4 Å². The van der Waals surface area contributed by atoms with Crippen molar-refractivity contribution in [3.63, 3.8) is 0 Å². The monoisotopic (exact) mass is 622 g/mol. The van der Waals surface area contributed by atoms with Gasteiger partial charge in [-0.15, -0.1) is 0 Å². The molecule has 3 nitrogen and oxygen atoms in total. The number of hydrogen-bond acceptors (Lipinski definition) is 3. The van der Waals surface area contributed by atoms with Gasteiger partial charge in [-0.1, -0.05) is 25.5 Å². The fourth-order valence-corrected chi connectivity index (χ4v) is 5.67. The summed E-state index contributed by atoms with van der Waals surface area (Å²) in [5.41, 5.74) is 0.591. The minimum atomic E-state index is -9.91. The summed E-state index contributed by atoms with van der Waals surface area (Å²) in [5.74, 6) is -0.476. The second-order valence-electron chi connectivity index (χ2n) is 5.58. The van der Waals surface area contributed by atoms with E-state index in [1.807, 2.05) is 0 Å². The normalized spacial score (nSPS) is 15.2. The van der Waals surface area contributed by atoms with Crippen molar-refractivity contribution in [3.05, 3.63) is 43.2 Å². The highest BCUT2D eigenvalue weighted by molar-refractivity contribution is 9.11. The third-order valence-electron chi connectivity index (χ3n) is 3.27. The Labute approximate surface area is 177 Å². The lowest BCUT2D eigenvalue weighted by molar-refractivity contribution is 0.363. The van der Waals surface area contributed by atoms with Crippen LogP contribution in [0.5, 0.6) is 11.5 Å². The zero-order chi connectivity index (χ0) is 21.1. The Morgan fingerprint density at radius 1 is 0.926 bits per heavy atom. The zero-order valence-corrected chi connectivity index (χ0v) is 19.8. The molecule has 0 aromatic heterocycles. The number of sulfone groups is 1. The van der Waals surface area contributed by atoms with Crippen LogP contribution in [0.25, 0.3) is 0 Å². The molecule has 0 radical (unpaired) electrons. The maximum absolute atomic E-state index is 13.0. The first-order chi connectivity index (χ1) is 11.8. The van der Waals surface area contributed by atoms with E-state index in [0.29, 0.717) is 5.56 Å². The fraction of sp³-hybridized carbons (Fsp3) is 0.143. The molecule has 0 saturated heterocycles. The van der Waals surface area contributed by atoms with Crippen LogP contribution in [-0.2, 0) is 9.84 Å². The van der Waals surface area contributed by atoms with Crippen LogP contribution in [0, 0.1) is 6.92 Å². The van der Waals surface area contributed by atoms with Gasteiger partial charge in [0.15, 0.2) is 21.3 Å². The molecule has 152 valence electrons. The molecule has 0 aliphatic carbocycles. The Hall–Kier alpha value is -0.370. The van der Waals surface area contributed by atoms with E-state index in [9.17, 15) is 27.8 Å². The van der Waals surface area contributed by atoms with Crippen LogP contribution in [0.3, 0.4) is 0 Å². The lowest BCUT2D eigenvalue weighted by atomic mass is 10.2. The molecule has 0 amide bonds. The van der Waals surface area contributed by atoms with E-state index >= 15 is 0 Å². The predicted octanol–water partition coefficient (Wildman–Crippen LogP) is 8.14. The molecular weight excluding hydrogens is 615 g/mol. The van der Waals surface area contributed by atoms with Crippen LogP contribution in [0.15, 0.2) is 47.5 Å². The van der Waals surface area contributed by atoms with Gasteiger partial charge in [0.05, 0.1) is 13.4 Å². The summed E-state index contributed by atoms with van der Waals surface area (Å²) in [5, 5.41) is 0. The number of benzene rings is 2. The minimum Gasteiger partial charge on any atom is -0.452 e. The van der Waals surface area contributed by atoms with Gasteiger partial charge < -0.3 is 4.74 Å². The molecule has 0 unspecified atom stereocenters. The zero-order valence-electron chi connectivity index (χ0n) is 13.4. The third kappa shape index (κ3) is 5.17. The first-order valence-corrected chi connectivity index (χ1v) is 12.9. The summed E-state index contributed by atoms with van der Waals surface area (Å²) in [6.45, 7) is 1.64. The van der Waals surface area contributed by atoms with Crippen LogP contribution in [0.1, 0.15) is 5.56 Å². The molecule has 27 heavy (non-hydrogen) atoms. The Morgan fingerprint density at radius 2 is 1.41 bits per heavy atom. The first kappa shape index (κ1) is 22.9. The number of rotatable bonds is 4. The third-order valence-corrected chi connectivity index (χ3v) is 7.69. The fourth-order valence-electron chi connectivity index (χ4n) is 1.98. The van der Waals surface area contributed by atoms with Crippen LogP contribution < -0.4 is 4.74 Å². The summed E-state index contributed by atoms with van der Waals surface area (Å²) < 4.78 is 94.0. The summed E-state index contributed by atoms with van der Waals surface area (Å²) in [4.78, 5) is -2.34. The molecule has 13 heteroatoms. The quantitative estimate of drug-likeness (QED) is 0.323. The molecule has 0 atom stereocenters.